The van der Waals surface area contributed by atoms with Gasteiger partial charge in [0.05, 0.1) is 11.4 Å². The molecule has 0 saturated carbocycles. The molecule has 1 aliphatic heterocycles. The second-order valence-electron chi connectivity index (χ2n) is 4.44. The molecule has 4 heteroatoms. The zero-order chi connectivity index (χ0) is 13.0. The van der Waals surface area contributed by atoms with E-state index in [9.17, 15) is 9.90 Å². The van der Waals surface area contributed by atoms with E-state index in [1.54, 1.807) is 12.1 Å². The van der Waals surface area contributed by atoms with Gasteiger partial charge in [0.15, 0.2) is 0 Å². The van der Waals surface area contributed by atoms with E-state index in [0.717, 1.165) is 21.7 Å². The summed E-state index contributed by atoms with van der Waals surface area (Å²) in [6, 6.07) is 10.9. The summed E-state index contributed by atoms with van der Waals surface area (Å²) in [5, 5.41) is 11.9. The van der Waals surface area contributed by atoms with Gasteiger partial charge in [0.2, 0.25) is 5.78 Å². The highest BCUT2D eigenvalue weighted by Crippen LogP contribution is 2.43. The second-order valence-corrected chi connectivity index (χ2v) is 5.32. The zero-order valence-electron chi connectivity index (χ0n) is 9.83. The maximum atomic E-state index is 12.2. The fourth-order valence-electron chi connectivity index (χ4n) is 2.52. The molecule has 19 heavy (non-hydrogen) atoms. The van der Waals surface area contributed by atoms with Crippen LogP contribution in [0.4, 0.5) is 0 Å². The maximum absolute atomic E-state index is 12.2. The minimum Gasteiger partial charge on any atom is -0.507 e. The number of hydrogen-bond acceptors (Lipinski definition) is 3. The van der Waals surface area contributed by atoms with Gasteiger partial charge in [0.1, 0.15) is 10.6 Å². The number of carbonyl (C=O) groups excluding carboxylic acids is 1. The van der Waals surface area contributed by atoms with Gasteiger partial charge in [-0.05, 0) is 18.2 Å². The molecule has 0 saturated heterocycles. The first-order valence-electron chi connectivity index (χ1n) is 5.89. The van der Waals surface area contributed by atoms with E-state index in [0.29, 0.717) is 5.69 Å². The number of ketones is 1. The number of para-hydroxylation sites is 1. The quantitative estimate of drug-likeness (QED) is 0.574. The topological polar surface area (TPSA) is 42.2 Å². The summed E-state index contributed by atoms with van der Waals surface area (Å²) in [6.07, 6.45) is 1.88. The van der Waals surface area contributed by atoms with Gasteiger partial charge in [0, 0.05) is 22.7 Å². The van der Waals surface area contributed by atoms with Crippen LogP contribution in [0.1, 0.15) is 15.4 Å². The summed E-state index contributed by atoms with van der Waals surface area (Å²) in [4.78, 5) is 13.0. The molecule has 0 aliphatic carbocycles. The van der Waals surface area contributed by atoms with Crippen molar-refractivity contribution in [3.8, 4) is 22.6 Å². The van der Waals surface area contributed by atoms with Crippen LogP contribution in [0, 0.1) is 0 Å². The molecule has 0 atom stereocenters. The summed E-state index contributed by atoms with van der Waals surface area (Å²) >= 11 is 1.43. The number of aromatic hydroxyl groups is 1. The molecule has 92 valence electrons. The van der Waals surface area contributed by atoms with Crippen molar-refractivity contribution in [2.24, 2.45) is 0 Å². The molecule has 0 amide bonds. The highest BCUT2D eigenvalue weighted by atomic mass is 32.1. The molecule has 1 aromatic carbocycles. The Morgan fingerprint density at radius 3 is 2.74 bits per heavy atom. The van der Waals surface area contributed by atoms with Crippen LogP contribution < -0.4 is 0 Å². The lowest BCUT2D eigenvalue weighted by Gasteiger charge is -2.06. The fraction of sp³-hybridized carbons (Fsp3) is 0. The lowest BCUT2D eigenvalue weighted by Crippen LogP contribution is -1.94. The van der Waals surface area contributed by atoms with E-state index in [1.807, 2.05) is 40.4 Å². The Labute approximate surface area is 113 Å². The Hall–Kier alpha value is -2.33. The monoisotopic (exact) mass is 267 g/mol. The summed E-state index contributed by atoms with van der Waals surface area (Å²) < 4.78 is 1.90. The Kier molecular flexibility index (Phi) is 2.00. The first kappa shape index (κ1) is 10.6. The number of thiophene rings is 1. The number of aromatic nitrogens is 1. The predicted molar refractivity (Wildman–Crippen MR) is 74.2 cm³/mol. The van der Waals surface area contributed by atoms with Crippen LogP contribution in [0.5, 0.6) is 5.75 Å². The van der Waals surface area contributed by atoms with Crippen LogP contribution in [0.3, 0.4) is 0 Å². The van der Waals surface area contributed by atoms with Crippen LogP contribution >= 0.6 is 11.3 Å². The number of rotatable bonds is 1. The molecule has 1 aliphatic rings. The Bertz CT molecular complexity index is 813. The van der Waals surface area contributed by atoms with Gasteiger partial charge in [-0.25, -0.2) is 0 Å². The number of phenolic OH excluding ortho intramolecular Hbond substituents is 1. The van der Waals surface area contributed by atoms with Gasteiger partial charge in [-0.3, -0.25) is 4.79 Å². The first-order chi connectivity index (χ1) is 9.27. The third-order valence-corrected chi connectivity index (χ3v) is 4.36. The molecule has 2 aromatic heterocycles. The number of benzene rings is 1. The van der Waals surface area contributed by atoms with Crippen molar-refractivity contribution >= 4 is 17.1 Å². The minimum absolute atomic E-state index is 0.0617. The SMILES string of the molecule is O=C1c2scc(-c3ccccc3O)c2-n2cccc21. The normalized spacial score (nSPS) is 12.5. The molecule has 1 N–H and O–H groups in total. The highest BCUT2D eigenvalue weighted by Gasteiger charge is 2.31. The van der Waals surface area contributed by atoms with Crippen molar-refractivity contribution in [3.05, 3.63) is 58.5 Å². The minimum atomic E-state index is 0.0617. The van der Waals surface area contributed by atoms with Crippen molar-refractivity contribution in [1.82, 2.24) is 4.57 Å². The van der Waals surface area contributed by atoms with Crippen molar-refractivity contribution in [1.29, 1.82) is 0 Å². The summed E-state index contributed by atoms with van der Waals surface area (Å²) in [7, 11) is 0. The van der Waals surface area contributed by atoms with Gasteiger partial charge in [-0.2, -0.15) is 0 Å². The molecular formula is C15H9NO2S. The van der Waals surface area contributed by atoms with Gasteiger partial charge < -0.3 is 9.67 Å². The Balaban J connectivity index is 2.04. The number of nitrogens with zero attached hydrogens (tertiary/aromatic N) is 1. The van der Waals surface area contributed by atoms with Gasteiger partial charge in [-0.1, -0.05) is 18.2 Å². The average Bonchev–Trinajstić information content (AvgIpc) is 3.08. The molecule has 3 nitrogen and oxygen atoms in total. The van der Waals surface area contributed by atoms with Gasteiger partial charge in [-0.15, -0.1) is 11.3 Å². The maximum Gasteiger partial charge on any atom is 0.221 e. The molecule has 0 fully saturated rings. The Morgan fingerprint density at radius 2 is 1.89 bits per heavy atom. The summed E-state index contributed by atoms with van der Waals surface area (Å²) in [5.41, 5.74) is 3.24. The smallest absolute Gasteiger partial charge is 0.221 e. The van der Waals surface area contributed by atoms with Gasteiger partial charge in [0.25, 0.3) is 0 Å². The zero-order valence-corrected chi connectivity index (χ0v) is 10.6. The van der Waals surface area contributed by atoms with Crippen molar-refractivity contribution < 1.29 is 9.90 Å². The lowest BCUT2D eigenvalue weighted by molar-refractivity contribution is 0.104. The summed E-state index contributed by atoms with van der Waals surface area (Å²) in [6.45, 7) is 0. The van der Waals surface area contributed by atoms with Crippen LogP contribution in [0.15, 0.2) is 48.0 Å². The highest BCUT2D eigenvalue weighted by molar-refractivity contribution is 7.13. The number of carbonyl (C=O) groups is 1. The van der Waals surface area contributed by atoms with Crippen molar-refractivity contribution in [2.45, 2.75) is 0 Å². The van der Waals surface area contributed by atoms with E-state index in [2.05, 4.69) is 0 Å². The third kappa shape index (κ3) is 1.29. The molecule has 0 radical (unpaired) electrons. The van der Waals surface area contributed by atoms with Crippen LogP contribution in [0.25, 0.3) is 16.8 Å². The average molecular weight is 267 g/mol. The third-order valence-electron chi connectivity index (χ3n) is 3.39. The number of fused-ring (bicyclic) bond motifs is 3. The lowest BCUT2D eigenvalue weighted by atomic mass is 10.1. The van der Waals surface area contributed by atoms with Gasteiger partial charge >= 0.3 is 0 Å². The molecule has 3 heterocycles. The fourth-order valence-corrected chi connectivity index (χ4v) is 3.53. The molecule has 4 rings (SSSR count). The number of phenols is 1. The molecular weight excluding hydrogens is 258 g/mol. The van der Waals surface area contributed by atoms with E-state index in [-0.39, 0.29) is 11.5 Å². The molecule has 0 unspecified atom stereocenters. The largest absolute Gasteiger partial charge is 0.507 e. The number of hydrogen-bond donors (Lipinski definition) is 1. The van der Waals surface area contributed by atoms with E-state index in [4.69, 9.17) is 0 Å². The van der Waals surface area contributed by atoms with Crippen molar-refractivity contribution in [2.75, 3.05) is 0 Å². The first-order valence-corrected chi connectivity index (χ1v) is 6.77. The van der Waals surface area contributed by atoms with E-state index >= 15 is 0 Å². The van der Waals surface area contributed by atoms with E-state index < -0.39 is 0 Å². The van der Waals surface area contributed by atoms with Crippen LogP contribution in [-0.2, 0) is 0 Å². The second kappa shape index (κ2) is 3.59. The van der Waals surface area contributed by atoms with Crippen LogP contribution in [0.2, 0.25) is 0 Å². The Morgan fingerprint density at radius 1 is 1.05 bits per heavy atom. The van der Waals surface area contributed by atoms with Crippen LogP contribution in [-0.4, -0.2) is 15.5 Å². The standard InChI is InChI=1S/C15H9NO2S/c17-12-6-2-1-4-9(12)10-8-19-15-13(10)16-7-3-5-11(16)14(15)18/h1-8,17H. The molecule has 0 spiro atoms. The molecule has 3 aromatic rings. The summed E-state index contributed by atoms with van der Waals surface area (Å²) in [5.74, 6) is 0.294. The molecule has 0 bridgehead atoms. The predicted octanol–water partition coefficient (Wildman–Crippen LogP) is 3.46. The van der Waals surface area contributed by atoms with Crippen molar-refractivity contribution in [3.63, 3.8) is 0 Å². The van der Waals surface area contributed by atoms with E-state index in [1.165, 1.54) is 11.3 Å².